The molecule has 3 heterocycles. The van der Waals surface area contributed by atoms with E-state index in [9.17, 15) is 4.79 Å². The summed E-state index contributed by atoms with van der Waals surface area (Å²) in [6.45, 7) is 2.52. The van der Waals surface area contributed by atoms with Crippen LogP contribution in [0.5, 0.6) is 11.5 Å². The summed E-state index contributed by atoms with van der Waals surface area (Å²) >= 11 is 1.38. The van der Waals surface area contributed by atoms with Crippen LogP contribution in [0.4, 0.5) is 0 Å². The number of amides is 1. The summed E-state index contributed by atoms with van der Waals surface area (Å²) < 4.78 is 12.5. The molecule has 2 aromatic heterocycles. The van der Waals surface area contributed by atoms with E-state index in [0.29, 0.717) is 17.5 Å². The topological polar surface area (TPSA) is 77.8 Å². The second kappa shape index (κ2) is 6.64. The van der Waals surface area contributed by atoms with Gasteiger partial charge in [-0.25, -0.2) is 0 Å². The molecule has 7 nitrogen and oxygen atoms in total. The van der Waals surface area contributed by atoms with Gasteiger partial charge in [-0.05, 0) is 36.8 Å². The molecule has 1 aliphatic heterocycles. The van der Waals surface area contributed by atoms with Crippen LogP contribution >= 0.6 is 11.8 Å². The van der Waals surface area contributed by atoms with E-state index < -0.39 is 0 Å². The molecule has 128 valence electrons. The maximum absolute atomic E-state index is 12.4. The average Bonchev–Trinajstić information content (AvgIpc) is 3.26. The highest BCUT2D eigenvalue weighted by Crippen LogP contribution is 2.32. The number of rotatable bonds is 5. The fourth-order valence-electron chi connectivity index (χ4n) is 2.50. The first-order valence-electron chi connectivity index (χ1n) is 7.83. The molecule has 1 amide bonds. The van der Waals surface area contributed by atoms with Crippen molar-refractivity contribution in [3.63, 3.8) is 0 Å². The molecule has 25 heavy (non-hydrogen) atoms. The highest BCUT2D eigenvalue weighted by atomic mass is 32.2. The third-order valence-electron chi connectivity index (χ3n) is 3.84. The molecule has 1 aromatic carbocycles. The predicted molar refractivity (Wildman–Crippen MR) is 92.7 cm³/mol. The highest BCUT2D eigenvalue weighted by Gasteiger charge is 2.18. The smallest absolute Gasteiger partial charge is 0.233 e. The Balaban J connectivity index is 1.37. The van der Waals surface area contributed by atoms with E-state index >= 15 is 0 Å². The van der Waals surface area contributed by atoms with Gasteiger partial charge in [-0.15, -0.1) is 10.2 Å². The third-order valence-corrected chi connectivity index (χ3v) is 4.89. The minimum Gasteiger partial charge on any atom is -0.454 e. The summed E-state index contributed by atoms with van der Waals surface area (Å²) in [4.78, 5) is 12.4. The Morgan fingerprint density at radius 2 is 2.16 bits per heavy atom. The lowest BCUT2D eigenvalue weighted by Gasteiger charge is -2.11. The van der Waals surface area contributed by atoms with Gasteiger partial charge in [0, 0.05) is 12.7 Å². The lowest BCUT2D eigenvalue weighted by atomic mass is 10.2. The molecule has 8 heteroatoms. The molecule has 0 radical (unpaired) electrons. The van der Waals surface area contributed by atoms with Gasteiger partial charge in [0.25, 0.3) is 0 Å². The molecular formula is C17H16N4O3S. The molecule has 3 aromatic rings. The van der Waals surface area contributed by atoms with Crippen molar-refractivity contribution in [2.24, 2.45) is 0 Å². The molecule has 1 atom stereocenters. The van der Waals surface area contributed by atoms with Crippen LogP contribution in [-0.2, 0) is 11.3 Å². The van der Waals surface area contributed by atoms with Crippen LogP contribution in [0.3, 0.4) is 0 Å². The van der Waals surface area contributed by atoms with Gasteiger partial charge >= 0.3 is 0 Å². The van der Waals surface area contributed by atoms with Crippen molar-refractivity contribution in [1.82, 2.24) is 19.9 Å². The molecular weight excluding hydrogens is 340 g/mol. The van der Waals surface area contributed by atoms with Crippen LogP contribution in [0.15, 0.2) is 47.8 Å². The number of hydrogen-bond donors (Lipinski definition) is 1. The Morgan fingerprint density at radius 3 is 3.08 bits per heavy atom. The van der Waals surface area contributed by atoms with Crippen LogP contribution in [-0.4, -0.2) is 32.5 Å². The van der Waals surface area contributed by atoms with Crippen molar-refractivity contribution in [2.75, 3.05) is 6.79 Å². The van der Waals surface area contributed by atoms with Crippen LogP contribution in [0.1, 0.15) is 12.5 Å². The van der Waals surface area contributed by atoms with E-state index in [4.69, 9.17) is 9.47 Å². The zero-order valence-electron chi connectivity index (χ0n) is 13.5. The van der Waals surface area contributed by atoms with Gasteiger partial charge in [-0.2, -0.15) is 0 Å². The van der Waals surface area contributed by atoms with Crippen LogP contribution in [0.25, 0.3) is 5.65 Å². The van der Waals surface area contributed by atoms with Gasteiger partial charge in [-0.1, -0.05) is 23.9 Å². The van der Waals surface area contributed by atoms with E-state index in [2.05, 4.69) is 15.5 Å². The van der Waals surface area contributed by atoms with Crippen LogP contribution in [0.2, 0.25) is 0 Å². The number of benzene rings is 1. The fraction of sp³-hybridized carbons (Fsp3) is 0.235. The zero-order valence-corrected chi connectivity index (χ0v) is 14.3. The summed E-state index contributed by atoms with van der Waals surface area (Å²) in [5, 5.41) is 11.6. The van der Waals surface area contributed by atoms with Gasteiger partial charge in [0.05, 0.1) is 5.25 Å². The normalized spacial score (nSPS) is 13.8. The molecule has 0 fully saturated rings. The van der Waals surface area contributed by atoms with E-state index in [1.165, 1.54) is 11.8 Å². The number of pyridine rings is 1. The Bertz CT molecular complexity index is 927. The van der Waals surface area contributed by atoms with Crippen molar-refractivity contribution in [3.8, 4) is 11.5 Å². The fourth-order valence-corrected chi connectivity index (χ4v) is 3.36. The van der Waals surface area contributed by atoms with Gasteiger partial charge in [-0.3, -0.25) is 9.20 Å². The number of carbonyl (C=O) groups is 1. The third kappa shape index (κ3) is 3.25. The van der Waals surface area contributed by atoms with Gasteiger partial charge in [0.15, 0.2) is 22.3 Å². The Hall–Kier alpha value is -2.74. The highest BCUT2D eigenvalue weighted by molar-refractivity contribution is 8.00. The number of hydrogen-bond acceptors (Lipinski definition) is 6. The maximum Gasteiger partial charge on any atom is 0.233 e. The number of fused-ring (bicyclic) bond motifs is 2. The maximum atomic E-state index is 12.4. The van der Waals surface area contributed by atoms with Crippen molar-refractivity contribution in [1.29, 1.82) is 0 Å². The number of nitrogens with one attached hydrogen (secondary N) is 1. The lowest BCUT2D eigenvalue weighted by Crippen LogP contribution is -2.30. The number of carbonyl (C=O) groups excluding carboxylic acids is 1. The molecule has 0 unspecified atom stereocenters. The quantitative estimate of drug-likeness (QED) is 0.707. The van der Waals surface area contributed by atoms with Crippen molar-refractivity contribution in [2.45, 2.75) is 23.9 Å². The molecule has 0 spiro atoms. The number of nitrogens with zero attached hydrogens (tertiary/aromatic N) is 3. The summed E-state index contributed by atoms with van der Waals surface area (Å²) in [6.07, 6.45) is 1.88. The monoisotopic (exact) mass is 356 g/mol. The Morgan fingerprint density at radius 1 is 1.28 bits per heavy atom. The largest absolute Gasteiger partial charge is 0.454 e. The SMILES string of the molecule is C[C@@H](Sc1nnc2ccccn12)C(=O)NCc1ccc2c(c1)OCO2. The molecule has 0 aliphatic carbocycles. The van der Waals surface area contributed by atoms with Gasteiger partial charge in [0.2, 0.25) is 12.7 Å². The summed E-state index contributed by atoms with van der Waals surface area (Å²) in [5.41, 5.74) is 1.72. The summed E-state index contributed by atoms with van der Waals surface area (Å²) in [7, 11) is 0. The Kier molecular flexibility index (Phi) is 4.19. The molecule has 1 N–H and O–H groups in total. The van der Waals surface area contributed by atoms with E-state index in [1.807, 2.05) is 53.9 Å². The first-order valence-corrected chi connectivity index (χ1v) is 8.71. The Labute approximate surface area is 148 Å². The van der Waals surface area contributed by atoms with E-state index in [1.54, 1.807) is 0 Å². The number of ether oxygens (including phenoxy) is 2. The van der Waals surface area contributed by atoms with Crippen molar-refractivity contribution in [3.05, 3.63) is 48.2 Å². The predicted octanol–water partition coefficient (Wildman–Crippen LogP) is 2.25. The average molecular weight is 356 g/mol. The number of thioether (sulfide) groups is 1. The van der Waals surface area contributed by atoms with Crippen LogP contribution in [0, 0.1) is 0 Å². The lowest BCUT2D eigenvalue weighted by molar-refractivity contribution is -0.120. The van der Waals surface area contributed by atoms with E-state index in [0.717, 1.165) is 17.0 Å². The minimum atomic E-state index is -0.290. The minimum absolute atomic E-state index is 0.0599. The van der Waals surface area contributed by atoms with E-state index in [-0.39, 0.29) is 18.0 Å². The molecule has 0 saturated carbocycles. The summed E-state index contributed by atoms with van der Waals surface area (Å²) in [5.74, 6) is 1.39. The molecule has 0 saturated heterocycles. The zero-order chi connectivity index (χ0) is 17.2. The standard InChI is InChI=1S/C17H16N4O3S/c1-11(25-17-20-19-15-4-2-3-7-21(15)17)16(22)18-9-12-5-6-13-14(8-12)24-10-23-13/h2-8,11H,9-10H2,1H3,(H,18,22)/t11-/m1/s1. The molecule has 4 rings (SSSR count). The molecule has 1 aliphatic rings. The van der Waals surface area contributed by atoms with Gasteiger partial charge < -0.3 is 14.8 Å². The second-order valence-electron chi connectivity index (χ2n) is 5.58. The first kappa shape index (κ1) is 15.8. The summed E-state index contributed by atoms with van der Waals surface area (Å²) in [6, 6.07) is 11.3. The van der Waals surface area contributed by atoms with Gasteiger partial charge in [0.1, 0.15) is 0 Å². The van der Waals surface area contributed by atoms with Crippen LogP contribution < -0.4 is 14.8 Å². The molecule has 0 bridgehead atoms. The van der Waals surface area contributed by atoms with Crippen molar-refractivity contribution >= 4 is 23.3 Å². The van der Waals surface area contributed by atoms with Crippen molar-refractivity contribution < 1.29 is 14.3 Å². The second-order valence-corrected chi connectivity index (χ2v) is 6.88. The number of aromatic nitrogens is 3. The first-order chi connectivity index (χ1) is 12.2.